The van der Waals surface area contributed by atoms with Crippen LogP contribution in [0.25, 0.3) is 0 Å². The fourth-order valence-electron chi connectivity index (χ4n) is 1.76. The van der Waals surface area contributed by atoms with E-state index in [2.05, 4.69) is 10.1 Å². The van der Waals surface area contributed by atoms with E-state index in [1.807, 2.05) is 13.0 Å². The monoisotopic (exact) mass is 304 g/mol. The van der Waals surface area contributed by atoms with Gasteiger partial charge in [0.15, 0.2) is 0 Å². The van der Waals surface area contributed by atoms with Crippen LogP contribution in [0.5, 0.6) is 0 Å². The van der Waals surface area contributed by atoms with Gasteiger partial charge in [-0.25, -0.2) is 4.79 Å². The molecule has 0 aliphatic rings. The number of aryl methyl sites for hydroxylation is 1. The summed E-state index contributed by atoms with van der Waals surface area (Å²) in [5.41, 5.74) is 1.36. The Balaban J connectivity index is 2.06. The zero-order valence-electron chi connectivity index (χ0n) is 12.0. The lowest BCUT2D eigenvalue weighted by atomic mass is 10.2. The molecule has 1 aromatic carbocycles. The van der Waals surface area contributed by atoms with E-state index in [9.17, 15) is 9.59 Å². The molecule has 0 atom stereocenters. The normalized spacial score (nSPS) is 10.0. The summed E-state index contributed by atoms with van der Waals surface area (Å²) in [7, 11) is 2.95. The van der Waals surface area contributed by atoms with Crippen LogP contribution in [-0.4, -0.2) is 26.2 Å². The third-order valence-electron chi connectivity index (χ3n) is 2.93. The minimum atomic E-state index is -0.444. The van der Waals surface area contributed by atoms with Crippen molar-refractivity contribution in [2.75, 3.05) is 24.4 Å². The summed E-state index contributed by atoms with van der Waals surface area (Å²) in [6.07, 6.45) is -0.444. The molecule has 21 heavy (non-hydrogen) atoms. The summed E-state index contributed by atoms with van der Waals surface area (Å²) >= 11 is 1.45. The van der Waals surface area contributed by atoms with Gasteiger partial charge in [0, 0.05) is 23.3 Å². The zero-order chi connectivity index (χ0) is 15.4. The highest BCUT2D eigenvalue weighted by atomic mass is 32.1. The van der Waals surface area contributed by atoms with Gasteiger partial charge in [-0.05, 0) is 43.3 Å². The van der Waals surface area contributed by atoms with Crippen LogP contribution in [0.2, 0.25) is 0 Å². The van der Waals surface area contributed by atoms with Crippen LogP contribution < -0.4 is 10.2 Å². The minimum absolute atomic E-state index is 0.137. The lowest BCUT2D eigenvalue weighted by Gasteiger charge is -2.15. The van der Waals surface area contributed by atoms with Gasteiger partial charge in [0.1, 0.15) is 0 Å². The fraction of sp³-hybridized carbons (Fsp3) is 0.200. The number of methoxy groups -OCH3 is 1. The lowest BCUT2D eigenvalue weighted by molar-refractivity contribution is 0.103. The molecule has 0 radical (unpaired) electrons. The van der Waals surface area contributed by atoms with E-state index in [1.54, 1.807) is 37.4 Å². The molecule has 0 unspecified atom stereocenters. The molecular formula is C15H16N2O3S. The maximum atomic E-state index is 12.0. The standard InChI is InChI=1S/C15H16N2O3S/c1-10-4-9-13(21-10)14(18)16-11-5-7-12(8-6-11)17(2)15(19)20-3/h4-9H,1-3H3,(H,16,18). The zero-order valence-corrected chi connectivity index (χ0v) is 12.9. The van der Waals surface area contributed by atoms with Gasteiger partial charge in [-0.15, -0.1) is 11.3 Å². The second kappa shape index (κ2) is 6.41. The number of hydrogen-bond donors (Lipinski definition) is 1. The predicted molar refractivity (Wildman–Crippen MR) is 84.3 cm³/mol. The number of amides is 2. The summed E-state index contributed by atoms with van der Waals surface area (Å²) < 4.78 is 4.64. The number of benzene rings is 1. The highest BCUT2D eigenvalue weighted by Crippen LogP contribution is 2.20. The third kappa shape index (κ3) is 3.61. The van der Waals surface area contributed by atoms with Crippen LogP contribution in [0.1, 0.15) is 14.5 Å². The first-order valence-electron chi connectivity index (χ1n) is 6.31. The average Bonchev–Trinajstić information content (AvgIpc) is 2.93. The van der Waals surface area contributed by atoms with E-state index in [-0.39, 0.29) is 5.91 Å². The van der Waals surface area contributed by atoms with Gasteiger partial charge in [0.25, 0.3) is 5.91 Å². The molecule has 2 amide bonds. The van der Waals surface area contributed by atoms with E-state index in [0.717, 1.165) is 4.88 Å². The van der Waals surface area contributed by atoms with Crippen molar-refractivity contribution < 1.29 is 14.3 Å². The van der Waals surface area contributed by atoms with Gasteiger partial charge in [-0.3, -0.25) is 9.69 Å². The van der Waals surface area contributed by atoms with Crippen molar-refractivity contribution in [2.24, 2.45) is 0 Å². The Morgan fingerprint density at radius 1 is 1.14 bits per heavy atom. The molecule has 110 valence electrons. The number of nitrogens with one attached hydrogen (secondary N) is 1. The highest BCUT2D eigenvalue weighted by Gasteiger charge is 2.11. The number of nitrogens with zero attached hydrogens (tertiary/aromatic N) is 1. The Bertz CT molecular complexity index is 649. The lowest BCUT2D eigenvalue weighted by Crippen LogP contribution is -2.25. The molecule has 2 rings (SSSR count). The van der Waals surface area contributed by atoms with Gasteiger partial charge in [0.05, 0.1) is 12.0 Å². The Kier molecular flexibility index (Phi) is 4.59. The molecule has 6 heteroatoms. The largest absolute Gasteiger partial charge is 0.452 e. The van der Waals surface area contributed by atoms with Crippen molar-refractivity contribution in [1.82, 2.24) is 0 Å². The molecule has 0 saturated heterocycles. The smallest absolute Gasteiger partial charge is 0.413 e. The molecule has 0 saturated carbocycles. The SMILES string of the molecule is COC(=O)N(C)c1ccc(NC(=O)c2ccc(C)s2)cc1. The minimum Gasteiger partial charge on any atom is -0.452 e. The second-order valence-electron chi connectivity index (χ2n) is 4.44. The predicted octanol–water partition coefficient (Wildman–Crippen LogP) is 3.51. The molecule has 2 aromatic rings. The van der Waals surface area contributed by atoms with Crippen LogP contribution in [0, 0.1) is 6.92 Å². The Morgan fingerprint density at radius 3 is 2.33 bits per heavy atom. The van der Waals surface area contributed by atoms with Crippen molar-refractivity contribution in [1.29, 1.82) is 0 Å². The highest BCUT2D eigenvalue weighted by molar-refractivity contribution is 7.14. The van der Waals surface area contributed by atoms with Crippen molar-refractivity contribution in [2.45, 2.75) is 6.92 Å². The second-order valence-corrected chi connectivity index (χ2v) is 5.73. The van der Waals surface area contributed by atoms with E-state index in [0.29, 0.717) is 16.3 Å². The average molecular weight is 304 g/mol. The van der Waals surface area contributed by atoms with Gasteiger partial charge < -0.3 is 10.1 Å². The maximum absolute atomic E-state index is 12.0. The van der Waals surface area contributed by atoms with Crippen LogP contribution in [-0.2, 0) is 4.74 Å². The van der Waals surface area contributed by atoms with E-state index in [4.69, 9.17) is 0 Å². The van der Waals surface area contributed by atoms with E-state index < -0.39 is 6.09 Å². The Hall–Kier alpha value is -2.34. The molecule has 5 nitrogen and oxygen atoms in total. The summed E-state index contributed by atoms with van der Waals surface area (Å²) in [6, 6.07) is 10.7. The first kappa shape index (κ1) is 15.1. The van der Waals surface area contributed by atoms with Crippen LogP contribution in [0.15, 0.2) is 36.4 Å². The van der Waals surface area contributed by atoms with Crippen molar-refractivity contribution in [3.05, 3.63) is 46.2 Å². The number of carbonyl (C=O) groups is 2. The Morgan fingerprint density at radius 2 is 1.81 bits per heavy atom. The van der Waals surface area contributed by atoms with Gasteiger partial charge in [-0.2, -0.15) is 0 Å². The molecule has 1 heterocycles. The van der Waals surface area contributed by atoms with Crippen LogP contribution in [0.4, 0.5) is 16.2 Å². The van der Waals surface area contributed by atoms with Gasteiger partial charge in [0.2, 0.25) is 0 Å². The first-order chi connectivity index (χ1) is 10.0. The van der Waals surface area contributed by atoms with Gasteiger partial charge in [-0.1, -0.05) is 0 Å². The third-order valence-corrected chi connectivity index (χ3v) is 3.92. The van der Waals surface area contributed by atoms with Crippen LogP contribution >= 0.6 is 11.3 Å². The fourth-order valence-corrected chi connectivity index (χ4v) is 2.52. The van der Waals surface area contributed by atoms with Crippen molar-refractivity contribution in [3.63, 3.8) is 0 Å². The van der Waals surface area contributed by atoms with Gasteiger partial charge >= 0.3 is 6.09 Å². The molecular weight excluding hydrogens is 288 g/mol. The molecule has 0 aliphatic carbocycles. The molecule has 0 aliphatic heterocycles. The summed E-state index contributed by atoms with van der Waals surface area (Å²) in [4.78, 5) is 26.6. The molecule has 0 fully saturated rings. The summed E-state index contributed by atoms with van der Waals surface area (Å²) in [5.74, 6) is -0.137. The maximum Gasteiger partial charge on any atom is 0.413 e. The Labute approximate surface area is 127 Å². The topological polar surface area (TPSA) is 58.6 Å². The number of ether oxygens (including phenoxy) is 1. The van der Waals surface area contributed by atoms with E-state index >= 15 is 0 Å². The molecule has 0 bridgehead atoms. The molecule has 1 N–H and O–H groups in total. The number of thiophene rings is 1. The molecule has 0 spiro atoms. The number of hydrogen-bond acceptors (Lipinski definition) is 4. The first-order valence-corrected chi connectivity index (χ1v) is 7.12. The summed E-state index contributed by atoms with van der Waals surface area (Å²) in [6.45, 7) is 1.96. The number of carbonyl (C=O) groups excluding carboxylic acids is 2. The quantitative estimate of drug-likeness (QED) is 0.944. The molecule has 1 aromatic heterocycles. The van der Waals surface area contributed by atoms with E-state index in [1.165, 1.54) is 23.3 Å². The number of anilines is 2. The van der Waals surface area contributed by atoms with Crippen molar-refractivity contribution in [3.8, 4) is 0 Å². The summed E-state index contributed by atoms with van der Waals surface area (Å²) in [5, 5.41) is 2.82. The van der Waals surface area contributed by atoms with Crippen molar-refractivity contribution >= 4 is 34.7 Å². The number of rotatable bonds is 3. The van der Waals surface area contributed by atoms with Crippen LogP contribution in [0.3, 0.4) is 0 Å².